The van der Waals surface area contributed by atoms with Crippen LogP contribution in [-0.2, 0) is 17.9 Å². The van der Waals surface area contributed by atoms with Gasteiger partial charge < -0.3 is 4.74 Å². The number of thioether (sulfide) groups is 1. The summed E-state index contributed by atoms with van der Waals surface area (Å²) >= 11 is 13.8. The molecule has 3 aromatic carbocycles. The summed E-state index contributed by atoms with van der Waals surface area (Å²) in [7, 11) is 0. The average Bonchev–Trinajstić information content (AvgIpc) is 3.02. The molecule has 0 atom stereocenters. The third-order valence-corrected chi connectivity index (χ3v) is 7.06. The van der Waals surface area contributed by atoms with Gasteiger partial charge in [-0.05, 0) is 103 Å². The van der Waals surface area contributed by atoms with Crippen molar-refractivity contribution >= 4 is 72.4 Å². The number of hydrogen-bond donors (Lipinski definition) is 0. The van der Waals surface area contributed by atoms with E-state index in [0.717, 1.165) is 17.3 Å². The van der Waals surface area contributed by atoms with Crippen molar-refractivity contribution in [2.24, 2.45) is 0 Å². The second-order valence-electron chi connectivity index (χ2n) is 7.13. The monoisotopic (exact) mass is 609 g/mol. The van der Waals surface area contributed by atoms with Gasteiger partial charge in [0, 0.05) is 5.02 Å². The molecule has 1 fully saturated rings. The molecule has 0 N–H and O–H groups in total. The van der Waals surface area contributed by atoms with Gasteiger partial charge in [-0.3, -0.25) is 14.5 Å². The van der Waals surface area contributed by atoms with Crippen LogP contribution < -0.4 is 4.74 Å². The quantitative estimate of drug-likeness (QED) is 0.267. The lowest BCUT2D eigenvalue weighted by atomic mass is 10.2. The fraction of sp³-hybridized carbons (Fsp3) is 0.0833. The minimum atomic E-state index is -0.348. The van der Waals surface area contributed by atoms with Crippen molar-refractivity contribution < 1.29 is 18.7 Å². The van der Waals surface area contributed by atoms with Crippen LogP contribution >= 0.6 is 55.2 Å². The molecule has 9 heteroatoms. The van der Waals surface area contributed by atoms with E-state index in [4.69, 9.17) is 16.3 Å². The first-order chi connectivity index (χ1) is 15.8. The Balaban J connectivity index is 1.49. The Morgan fingerprint density at radius 2 is 1.70 bits per heavy atom. The summed E-state index contributed by atoms with van der Waals surface area (Å²) in [6.07, 6.45) is 1.67. The number of imide groups is 1. The van der Waals surface area contributed by atoms with Crippen molar-refractivity contribution in [2.45, 2.75) is 13.2 Å². The van der Waals surface area contributed by atoms with E-state index in [-0.39, 0.29) is 30.1 Å². The number of halogens is 4. The standard InChI is InChI=1S/C24H15Br2ClFNO3S/c25-19-9-16(10-20(26)22(19)32-13-15-2-1-3-18(28)8-15)11-21-23(30)29(24(31)33-21)12-14-4-6-17(27)7-5-14/h1-11H,12-13H2/b21-11-. The van der Waals surface area contributed by atoms with E-state index in [0.29, 0.717) is 35.7 Å². The number of rotatable bonds is 6. The summed E-state index contributed by atoms with van der Waals surface area (Å²) in [5.74, 6) is -0.125. The summed E-state index contributed by atoms with van der Waals surface area (Å²) in [6, 6.07) is 16.8. The van der Waals surface area contributed by atoms with Gasteiger partial charge in [-0.15, -0.1) is 0 Å². The summed E-state index contributed by atoms with van der Waals surface area (Å²) in [6.45, 7) is 0.372. The summed E-state index contributed by atoms with van der Waals surface area (Å²) in [4.78, 5) is 26.8. The molecule has 1 aliphatic rings. The summed E-state index contributed by atoms with van der Waals surface area (Å²) in [5, 5.41) is 0.265. The van der Waals surface area contributed by atoms with Gasteiger partial charge in [0.25, 0.3) is 11.1 Å². The van der Waals surface area contributed by atoms with Crippen LogP contribution in [0, 0.1) is 5.82 Å². The molecule has 0 unspecified atom stereocenters. The highest BCUT2D eigenvalue weighted by Crippen LogP contribution is 2.38. The van der Waals surface area contributed by atoms with Gasteiger partial charge in [0.05, 0.1) is 20.4 Å². The van der Waals surface area contributed by atoms with Crippen LogP contribution in [0.15, 0.2) is 74.5 Å². The van der Waals surface area contributed by atoms with Crippen LogP contribution in [0.3, 0.4) is 0 Å². The van der Waals surface area contributed by atoms with Crippen LogP contribution in [0.1, 0.15) is 16.7 Å². The molecule has 33 heavy (non-hydrogen) atoms. The number of amides is 2. The zero-order valence-corrected chi connectivity index (χ0v) is 21.6. The maximum Gasteiger partial charge on any atom is 0.293 e. The molecule has 0 saturated carbocycles. The molecule has 0 spiro atoms. The minimum Gasteiger partial charge on any atom is -0.487 e. The first kappa shape index (κ1) is 24.0. The fourth-order valence-electron chi connectivity index (χ4n) is 3.14. The van der Waals surface area contributed by atoms with Gasteiger partial charge in [0.15, 0.2) is 0 Å². The summed E-state index contributed by atoms with van der Waals surface area (Å²) in [5.41, 5.74) is 2.23. The van der Waals surface area contributed by atoms with Gasteiger partial charge in [0.2, 0.25) is 0 Å². The van der Waals surface area contributed by atoms with Gasteiger partial charge in [0.1, 0.15) is 18.2 Å². The lowest BCUT2D eigenvalue weighted by molar-refractivity contribution is -0.123. The average molecular weight is 612 g/mol. The van der Waals surface area contributed by atoms with Crippen LogP contribution in [0.5, 0.6) is 5.75 Å². The number of carbonyl (C=O) groups is 2. The number of benzene rings is 3. The molecule has 1 heterocycles. The smallest absolute Gasteiger partial charge is 0.293 e. The van der Waals surface area contributed by atoms with Crippen molar-refractivity contribution in [1.29, 1.82) is 0 Å². The van der Waals surface area contributed by atoms with E-state index in [1.54, 1.807) is 54.6 Å². The molecule has 168 valence electrons. The molecule has 0 aliphatic carbocycles. The lowest BCUT2D eigenvalue weighted by Gasteiger charge is -2.13. The van der Waals surface area contributed by atoms with E-state index in [1.165, 1.54) is 17.0 Å². The molecular formula is C24H15Br2ClFNO3S. The molecule has 3 aromatic rings. The maximum atomic E-state index is 13.4. The molecule has 1 aliphatic heterocycles. The van der Waals surface area contributed by atoms with Crippen LogP contribution in [0.2, 0.25) is 5.02 Å². The minimum absolute atomic E-state index is 0.180. The highest BCUT2D eigenvalue weighted by molar-refractivity contribution is 9.11. The van der Waals surface area contributed by atoms with Crippen LogP contribution in [-0.4, -0.2) is 16.0 Å². The van der Waals surface area contributed by atoms with E-state index < -0.39 is 0 Å². The van der Waals surface area contributed by atoms with E-state index >= 15 is 0 Å². The van der Waals surface area contributed by atoms with Crippen molar-refractivity contribution in [2.75, 3.05) is 0 Å². The van der Waals surface area contributed by atoms with Gasteiger partial charge >= 0.3 is 0 Å². The van der Waals surface area contributed by atoms with Crippen molar-refractivity contribution in [3.05, 3.63) is 102 Å². The Kier molecular flexibility index (Phi) is 7.58. The molecule has 0 radical (unpaired) electrons. The van der Waals surface area contributed by atoms with E-state index in [2.05, 4.69) is 31.9 Å². The fourth-order valence-corrected chi connectivity index (χ4v) is 5.56. The Morgan fingerprint density at radius 1 is 1.00 bits per heavy atom. The first-order valence-corrected chi connectivity index (χ1v) is 12.4. The van der Waals surface area contributed by atoms with Crippen molar-refractivity contribution in [3.8, 4) is 5.75 Å². The zero-order valence-electron chi connectivity index (χ0n) is 16.9. The molecule has 4 rings (SSSR count). The topological polar surface area (TPSA) is 46.6 Å². The highest BCUT2D eigenvalue weighted by Gasteiger charge is 2.35. The molecule has 2 amide bonds. The molecule has 0 aromatic heterocycles. The molecule has 0 bridgehead atoms. The summed E-state index contributed by atoms with van der Waals surface area (Å²) < 4.78 is 20.5. The third kappa shape index (κ3) is 5.87. The van der Waals surface area contributed by atoms with E-state index in [1.807, 2.05) is 0 Å². The van der Waals surface area contributed by atoms with Crippen molar-refractivity contribution in [1.82, 2.24) is 4.90 Å². The molecule has 4 nitrogen and oxygen atoms in total. The van der Waals surface area contributed by atoms with Gasteiger partial charge in [-0.2, -0.15) is 0 Å². The molecular weight excluding hydrogens is 597 g/mol. The van der Waals surface area contributed by atoms with Gasteiger partial charge in [-0.1, -0.05) is 35.9 Å². The lowest BCUT2D eigenvalue weighted by Crippen LogP contribution is -2.27. The molecule has 1 saturated heterocycles. The highest BCUT2D eigenvalue weighted by atomic mass is 79.9. The Labute approximate surface area is 216 Å². The maximum absolute atomic E-state index is 13.4. The largest absolute Gasteiger partial charge is 0.487 e. The second kappa shape index (κ2) is 10.4. The first-order valence-electron chi connectivity index (χ1n) is 9.66. The van der Waals surface area contributed by atoms with Crippen molar-refractivity contribution in [3.63, 3.8) is 0 Å². The predicted octanol–water partition coefficient (Wildman–Crippen LogP) is 7.82. The third-order valence-electron chi connectivity index (χ3n) is 4.72. The Bertz CT molecular complexity index is 1240. The Morgan fingerprint density at radius 3 is 2.36 bits per heavy atom. The predicted molar refractivity (Wildman–Crippen MR) is 136 cm³/mol. The van der Waals surface area contributed by atoms with Crippen LogP contribution in [0.25, 0.3) is 6.08 Å². The van der Waals surface area contributed by atoms with Crippen LogP contribution in [0.4, 0.5) is 9.18 Å². The second-order valence-corrected chi connectivity index (χ2v) is 10.3. The number of ether oxygens (including phenoxy) is 1. The zero-order chi connectivity index (χ0) is 23.5. The van der Waals surface area contributed by atoms with E-state index in [9.17, 15) is 14.0 Å². The van der Waals surface area contributed by atoms with Gasteiger partial charge in [-0.25, -0.2) is 4.39 Å². The Hall–Kier alpha value is -2.13. The number of nitrogens with zero attached hydrogens (tertiary/aromatic N) is 1. The number of hydrogen-bond acceptors (Lipinski definition) is 4. The number of carbonyl (C=O) groups excluding carboxylic acids is 2. The normalized spacial score (nSPS) is 14.9. The SMILES string of the molecule is O=C1S/C(=C\c2cc(Br)c(OCc3cccc(F)c3)c(Br)c2)C(=O)N1Cc1ccc(Cl)cc1.